The molecule has 2 heteroatoms. The predicted molar refractivity (Wildman–Crippen MR) is 44.4 cm³/mol. The van der Waals surface area contributed by atoms with Crippen LogP contribution in [0.15, 0.2) is 29.3 Å². The highest BCUT2D eigenvalue weighted by Gasteiger charge is 1.68. The second-order valence-electron chi connectivity index (χ2n) is 1.69. The van der Waals surface area contributed by atoms with E-state index in [1.165, 1.54) is 0 Å². The van der Waals surface area contributed by atoms with E-state index in [1.54, 1.807) is 6.21 Å². The summed E-state index contributed by atoms with van der Waals surface area (Å²) in [6, 6.07) is 0. The van der Waals surface area contributed by atoms with Crippen LogP contribution in [0.4, 0.5) is 0 Å². The van der Waals surface area contributed by atoms with Crippen molar-refractivity contribution < 1.29 is 5.11 Å². The molecule has 56 valence electrons. The molecule has 0 aliphatic rings. The Bertz CT molecular complexity index is 136. The van der Waals surface area contributed by atoms with Crippen LogP contribution in [-0.2, 0) is 0 Å². The molecule has 0 spiro atoms. The van der Waals surface area contributed by atoms with Crippen molar-refractivity contribution in [1.82, 2.24) is 0 Å². The minimum absolute atomic E-state index is 0.119. The molecule has 0 unspecified atom stereocenters. The zero-order chi connectivity index (χ0) is 7.66. The van der Waals surface area contributed by atoms with Gasteiger partial charge in [0.25, 0.3) is 0 Å². The van der Waals surface area contributed by atoms with Gasteiger partial charge in [-0.05, 0) is 13.0 Å². The topological polar surface area (TPSA) is 32.6 Å². The molecule has 0 radical (unpaired) electrons. The molecule has 0 atom stereocenters. The fourth-order valence-corrected chi connectivity index (χ4v) is 0.418. The van der Waals surface area contributed by atoms with Gasteiger partial charge in [-0.1, -0.05) is 18.2 Å². The molecular weight excluding hydrogens is 126 g/mol. The highest BCUT2D eigenvalue weighted by Crippen LogP contribution is 1.73. The summed E-state index contributed by atoms with van der Waals surface area (Å²) in [4.78, 5) is 3.87. The Hall–Kier alpha value is -0.890. The summed E-state index contributed by atoms with van der Waals surface area (Å²) in [7, 11) is 0. The zero-order valence-electron chi connectivity index (χ0n) is 6.20. The Morgan fingerprint density at radius 1 is 1.30 bits per heavy atom. The third-order valence-electron chi connectivity index (χ3n) is 0.835. The van der Waals surface area contributed by atoms with Gasteiger partial charge < -0.3 is 5.11 Å². The molecule has 0 saturated carbocycles. The van der Waals surface area contributed by atoms with Crippen molar-refractivity contribution >= 4 is 6.21 Å². The molecule has 0 amide bonds. The second-order valence-corrected chi connectivity index (χ2v) is 1.69. The summed E-state index contributed by atoms with van der Waals surface area (Å²) in [5.74, 6) is 0. The van der Waals surface area contributed by atoms with Crippen molar-refractivity contribution in [3.63, 3.8) is 0 Å². The van der Waals surface area contributed by atoms with Gasteiger partial charge in [-0.3, -0.25) is 4.99 Å². The molecule has 1 N–H and O–H groups in total. The van der Waals surface area contributed by atoms with Crippen LogP contribution < -0.4 is 0 Å². The Morgan fingerprint density at radius 3 is 2.70 bits per heavy atom. The van der Waals surface area contributed by atoms with Crippen LogP contribution >= 0.6 is 0 Å². The number of rotatable bonds is 4. The summed E-state index contributed by atoms with van der Waals surface area (Å²) in [6.45, 7) is 2.56. The third kappa shape index (κ3) is 7.11. The number of aliphatic imine (C=N–C) groups is 1. The van der Waals surface area contributed by atoms with E-state index in [0.29, 0.717) is 6.54 Å². The Labute approximate surface area is 61.6 Å². The average Bonchev–Trinajstić information content (AvgIpc) is 1.97. The molecule has 0 aliphatic carbocycles. The first-order chi connectivity index (χ1) is 4.91. The van der Waals surface area contributed by atoms with Gasteiger partial charge >= 0.3 is 0 Å². The lowest BCUT2D eigenvalue weighted by molar-refractivity contribution is 0.307. The van der Waals surface area contributed by atoms with Gasteiger partial charge in [0.2, 0.25) is 0 Å². The molecule has 0 aliphatic heterocycles. The van der Waals surface area contributed by atoms with Crippen LogP contribution in [-0.4, -0.2) is 24.5 Å². The second kappa shape index (κ2) is 8.11. The van der Waals surface area contributed by atoms with Gasteiger partial charge in [0.1, 0.15) is 0 Å². The van der Waals surface area contributed by atoms with Gasteiger partial charge in [-0.25, -0.2) is 0 Å². The lowest BCUT2D eigenvalue weighted by Crippen LogP contribution is -1.85. The van der Waals surface area contributed by atoms with Crippen molar-refractivity contribution in [2.75, 3.05) is 13.2 Å². The molecule has 0 aromatic rings. The molecule has 0 saturated heterocycles. The molecule has 0 heterocycles. The highest BCUT2D eigenvalue weighted by molar-refractivity contribution is 5.71. The van der Waals surface area contributed by atoms with E-state index < -0.39 is 0 Å². The molecule has 10 heavy (non-hydrogen) atoms. The average molecular weight is 139 g/mol. The number of allylic oxidation sites excluding steroid dienone is 4. The number of hydrogen-bond acceptors (Lipinski definition) is 2. The van der Waals surface area contributed by atoms with Crippen LogP contribution in [0.5, 0.6) is 0 Å². The minimum Gasteiger partial charge on any atom is -0.394 e. The smallest absolute Gasteiger partial charge is 0.0626 e. The Morgan fingerprint density at radius 2 is 2.10 bits per heavy atom. The molecule has 0 fully saturated rings. The van der Waals surface area contributed by atoms with Gasteiger partial charge in [-0.15, -0.1) is 0 Å². The first-order valence-corrected chi connectivity index (χ1v) is 3.30. The number of aliphatic hydroxyl groups excluding tert-OH is 1. The lowest BCUT2D eigenvalue weighted by atomic mass is 10.4. The lowest BCUT2D eigenvalue weighted by Gasteiger charge is -1.80. The van der Waals surface area contributed by atoms with Crippen molar-refractivity contribution in [3.8, 4) is 0 Å². The van der Waals surface area contributed by atoms with E-state index in [4.69, 9.17) is 5.11 Å². The number of nitrogens with zero attached hydrogens (tertiary/aromatic N) is 1. The van der Waals surface area contributed by atoms with Crippen molar-refractivity contribution in [2.45, 2.75) is 6.92 Å². The molecular formula is C8H13NO. The van der Waals surface area contributed by atoms with Crippen molar-refractivity contribution in [3.05, 3.63) is 24.3 Å². The van der Waals surface area contributed by atoms with Gasteiger partial charge in [0.05, 0.1) is 13.2 Å². The maximum absolute atomic E-state index is 8.32. The quantitative estimate of drug-likeness (QED) is 0.460. The molecule has 0 aromatic heterocycles. The fraction of sp³-hybridized carbons (Fsp3) is 0.375. The maximum Gasteiger partial charge on any atom is 0.0626 e. The molecule has 2 nitrogen and oxygen atoms in total. The van der Waals surface area contributed by atoms with Crippen molar-refractivity contribution in [2.24, 2.45) is 4.99 Å². The predicted octanol–water partition coefficient (Wildman–Crippen LogP) is 1.18. The van der Waals surface area contributed by atoms with E-state index >= 15 is 0 Å². The van der Waals surface area contributed by atoms with E-state index in [9.17, 15) is 0 Å². The SMILES string of the molecule is C\C=C/C=C\C=N\CCO. The summed E-state index contributed by atoms with van der Waals surface area (Å²) < 4.78 is 0. The summed E-state index contributed by atoms with van der Waals surface area (Å²) >= 11 is 0. The summed E-state index contributed by atoms with van der Waals surface area (Å²) in [5.41, 5.74) is 0. The van der Waals surface area contributed by atoms with E-state index in [2.05, 4.69) is 4.99 Å². The van der Waals surface area contributed by atoms with Gasteiger partial charge in [0, 0.05) is 6.21 Å². The van der Waals surface area contributed by atoms with E-state index in [1.807, 2.05) is 31.2 Å². The largest absolute Gasteiger partial charge is 0.394 e. The van der Waals surface area contributed by atoms with Crippen LogP contribution in [0.3, 0.4) is 0 Å². The monoisotopic (exact) mass is 139 g/mol. The third-order valence-corrected chi connectivity index (χ3v) is 0.835. The normalized spacial score (nSPS) is 12.6. The van der Waals surface area contributed by atoms with Crippen LogP contribution in [0.1, 0.15) is 6.92 Å². The zero-order valence-corrected chi connectivity index (χ0v) is 6.20. The molecule has 0 bridgehead atoms. The summed E-state index contributed by atoms with van der Waals surface area (Å²) in [5, 5.41) is 8.32. The standard InChI is InChI=1S/C8H13NO/c1-2-3-4-5-6-9-7-8-10/h2-6,10H,7-8H2,1H3/b3-2-,5-4-,9-6+. The maximum atomic E-state index is 8.32. The molecule has 0 rings (SSSR count). The van der Waals surface area contributed by atoms with Gasteiger partial charge in [-0.2, -0.15) is 0 Å². The van der Waals surface area contributed by atoms with E-state index in [-0.39, 0.29) is 6.61 Å². The van der Waals surface area contributed by atoms with Crippen molar-refractivity contribution in [1.29, 1.82) is 0 Å². The van der Waals surface area contributed by atoms with Crippen LogP contribution in [0, 0.1) is 0 Å². The highest BCUT2D eigenvalue weighted by atomic mass is 16.3. The van der Waals surface area contributed by atoms with E-state index in [0.717, 1.165) is 0 Å². The summed E-state index contributed by atoms with van der Waals surface area (Å²) in [6.07, 6.45) is 9.26. The first-order valence-electron chi connectivity index (χ1n) is 3.30. The van der Waals surface area contributed by atoms with Crippen LogP contribution in [0.2, 0.25) is 0 Å². The number of aliphatic hydroxyl groups is 1. The Kier molecular flexibility index (Phi) is 7.39. The molecule has 0 aromatic carbocycles. The van der Waals surface area contributed by atoms with Gasteiger partial charge in [0.15, 0.2) is 0 Å². The number of hydrogen-bond donors (Lipinski definition) is 1. The first kappa shape index (κ1) is 9.11. The minimum atomic E-state index is 0.119. The Balaban J connectivity index is 3.32. The van der Waals surface area contributed by atoms with Crippen LogP contribution in [0.25, 0.3) is 0 Å². The fourth-order valence-electron chi connectivity index (χ4n) is 0.418.